The molecule has 0 spiro atoms. The minimum atomic E-state index is -0.457. The third-order valence-corrected chi connectivity index (χ3v) is 3.36. The summed E-state index contributed by atoms with van der Waals surface area (Å²) in [5.41, 5.74) is 1.84. The summed E-state index contributed by atoms with van der Waals surface area (Å²) in [6, 6.07) is 13.1. The number of rotatable bonds is 3. The first-order valence-electron chi connectivity index (χ1n) is 6.50. The molecule has 2 aromatic carbocycles. The van der Waals surface area contributed by atoms with Gasteiger partial charge in [-0.1, -0.05) is 0 Å². The minimum absolute atomic E-state index is 0.00604. The van der Waals surface area contributed by atoms with E-state index < -0.39 is 4.92 Å². The number of hydrogen-bond acceptors (Lipinski definition) is 5. The van der Waals surface area contributed by atoms with E-state index in [-0.39, 0.29) is 11.2 Å². The first-order valence-corrected chi connectivity index (χ1v) is 6.50. The standard InChI is InChI=1S/C16H12N2O4/c1-21-13-6-7-15-11(8-13)9-14(16(17)22-15)10-2-4-12(5-3-10)18(19)20/h2-9,17H,1H3. The average Bonchev–Trinajstić information content (AvgIpc) is 2.54. The van der Waals surface area contributed by atoms with Gasteiger partial charge in [-0.05, 0) is 42.0 Å². The number of nitrogens with zero attached hydrogens (tertiary/aromatic N) is 1. The van der Waals surface area contributed by atoms with E-state index in [0.29, 0.717) is 22.5 Å². The number of nitro benzene ring substituents is 1. The third-order valence-electron chi connectivity index (χ3n) is 3.36. The highest BCUT2D eigenvalue weighted by Gasteiger charge is 2.09. The predicted octanol–water partition coefficient (Wildman–Crippen LogP) is 3.50. The van der Waals surface area contributed by atoms with Crippen molar-refractivity contribution in [1.82, 2.24) is 0 Å². The van der Waals surface area contributed by atoms with Gasteiger partial charge in [0.1, 0.15) is 11.3 Å². The number of nitro groups is 1. The van der Waals surface area contributed by atoms with Crippen molar-refractivity contribution < 1.29 is 14.1 Å². The van der Waals surface area contributed by atoms with Crippen LogP contribution in [0.2, 0.25) is 0 Å². The maximum Gasteiger partial charge on any atom is 0.269 e. The molecule has 3 aromatic rings. The summed E-state index contributed by atoms with van der Waals surface area (Å²) >= 11 is 0. The molecule has 22 heavy (non-hydrogen) atoms. The van der Waals surface area contributed by atoms with Crippen LogP contribution in [0.5, 0.6) is 5.75 Å². The number of non-ortho nitro benzene ring substituents is 1. The highest BCUT2D eigenvalue weighted by molar-refractivity contribution is 5.82. The van der Waals surface area contributed by atoms with Crippen molar-refractivity contribution in [3.8, 4) is 16.9 Å². The van der Waals surface area contributed by atoms with Crippen LogP contribution in [0, 0.1) is 15.5 Å². The molecule has 0 amide bonds. The number of methoxy groups -OCH3 is 1. The van der Waals surface area contributed by atoms with Crippen molar-refractivity contribution in [2.45, 2.75) is 0 Å². The van der Waals surface area contributed by atoms with Gasteiger partial charge in [0.15, 0.2) is 0 Å². The Morgan fingerprint density at radius 3 is 2.50 bits per heavy atom. The Morgan fingerprint density at radius 2 is 1.86 bits per heavy atom. The molecular formula is C16H12N2O4. The monoisotopic (exact) mass is 296 g/mol. The number of benzene rings is 2. The van der Waals surface area contributed by atoms with Gasteiger partial charge in [0.05, 0.1) is 12.0 Å². The van der Waals surface area contributed by atoms with Crippen molar-refractivity contribution in [3.63, 3.8) is 0 Å². The molecule has 0 unspecified atom stereocenters. The molecule has 0 aliphatic carbocycles. The zero-order valence-corrected chi connectivity index (χ0v) is 11.7. The van der Waals surface area contributed by atoms with E-state index in [0.717, 1.165) is 5.39 Å². The van der Waals surface area contributed by atoms with Crippen molar-refractivity contribution in [2.24, 2.45) is 0 Å². The lowest BCUT2D eigenvalue weighted by Gasteiger charge is -2.05. The van der Waals surface area contributed by atoms with Crippen LogP contribution in [-0.2, 0) is 0 Å². The van der Waals surface area contributed by atoms with Gasteiger partial charge in [-0.15, -0.1) is 0 Å². The molecule has 6 heteroatoms. The summed E-state index contributed by atoms with van der Waals surface area (Å²) < 4.78 is 10.7. The van der Waals surface area contributed by atoms with Crippen LogP contribution in [0.3, 0.4) is 0 Å². The van der Waals surface area contributed by atoms with Gasteiger partial charge in [-0.2, -0.15) is 0 Å². The van der Waals surface area contributed by atoms with E-state index in [4.69, 9.17) is 14.6 Å². The van der Waals surface area contributed by atoms with E-state index in [1.54, 1.807) is 31.4 Å². The Labute approximate surface area is 125 Å². The zero-order chi connectivity index (χ0) is 15.7. The van der Waals surface area contributed by atoms with Gasteiger partial charge >= 0.3 is 0 Å². The summed E-state index contributed by atoms with van der Waals surface area (Å²) in [5.74, 6) is 0.690. The summed E-state index contributed by atoms with van der Waals surface area (Å²) in [5, 5.41) is 19.5. The van der Waals surface area contributed by atoms with E-state index in [1.807, 2.05) is 12.1 Å². The summed E-state index contributed by atoms with van der Waals surface area (Å²) in [7, 11) is 1.58. The van der Waals surface area contributed by atoms with Crippen LogP contribution in [0.25, 0.3) is 22.1 Å². The van der Waals surface area contributed by atoms with Gasteiger partial charge in [0.2, 0.25) is 5.55 Å². The van der Waals surface area contributed by atoms with Crippen LogP contribution in [-0.4, -0.2) is 12.0 Å². The average molecular weight is 296 g/mol. The maximum atomic E-state index is 10.7. The highest BCUT2D eigenvalue weighted by atomic mass is 16.6. The fourth-order valence-electron chi connectivity index (χ4n) is 2.22. The smallest absolute Gasteiger partial charge is 0.269 e. The molecule has 0 atom stereocenters. The van der Waals surface area contributed by atoms with Crippen LogP contribution in [0.1, 0.15) is 0 Å². The Kier molecular flexibility index (Phi) is 3.34. The number of fused-ring (bicyclic) bond motifs is 1. The van der Waals surface area contributed by atoms with Crippen molar-refractivity contribution in [2.75, 3.05) is 7.11 Å². The summed E-state index contributed by atoms with van der Waals surface area (Å²) in [6.45, 7) is 0. The van der Waals surface area contributed by atoms with Gasteiger partial charge < -0.3 is 9.15 Å². The lowest BCUT2D eigenvalue weighted by atomic mass is 10.1. The Hall–Kier alpha value is -3.15. The molecule has 3 rings (SSSR count). The van der Waals surface area contributed by atoms with Gasteiger partial charge in [0, 0.05) is 23.1 Å². The first kappa shape index (κ1) is 13.8. The third kappa shape index (κ3) is 2.42. The van der Waals surface area contributed by atoms with E-state index in [2.05, 4.69) is 0 Å². The lowest BCUT2D eigenvalue weighted by molar-refractivity contribution is -0.384. The molecule has 6 nitrogen and oxygen atoms in total. The number of ether oxygens (including phenoxy) is 1. The summed E-state index contributed by atoms with van der Waals surface area (Å²) in [6.07, 6.45) is 0. The topological polar surface area (TPSA) is 89.4 Å². The van der Waals surface area contributed by atoms with Gasteiger partial charge in [-0.3, -0.25) is 15.5 Å². The normalized spacial score (nSPS) is 10.6. The molecule has 110 valence electrons. The molecule has 0 aliphatic heterocycles. The van der Waals surface area contributed by atoms with Crippen molar-refractivity contribution in [3.05, 3.63) is 64.2 Å². The molecule has 1 aromatic heterocycles. The van der Waals surface area contributed by atoms with Crippen LogP contribution in [0.4, 0.5) is 5.69 Å². The van der Waals surface area contributed by atoms with Gasteiger partial charge in [-0.25, -0.2) is 0 Å². The molecule has 0 saturated carbocycles. The fraction of sp³-hybridized carbons (Fsp3) is 0.0625. The van der Waals surface area contributed by atoms with E-state index in [1.165, 1.54) is 12.1 Å². The molecule has 1 heterocycles. The second-order valence-corrected chi connectivity index (χ2v) is 4.70. The second kappa shape index (κ2) is 5.33. The highest BCUT2D eigenvalue weighted by Crippen LogP contribution is 2.25. The predicted molar refractivity (Wildman–Crippen MR) is 80.7 cm³/mol. The molecule has 0 saturated heterocycles. The second-order valence-electron chi connectivity index (χ2n) is 4.70. The Morgan fingerprint density at radius 1 is 1.14 bits per heavy atom. The van der Waals surface area contributed by atoms with Crippen LogP contribution >= 0.6 is 0 Å². The van der Waals surface area contributed by atoms with Crippen molar-refractivity contribution >= 4 is 16.7 Å². The van der Waals surface area contributed by atoms with E-state index >= 15 is 0 Å². The van der Waals surface area contributed by atoms with Crippen molar-refractivity contribution in [1.29, 1.82) is 5.41 Å². The molecule has 0 aliphatic rings. The molecule has 0 radical (unpaired) electrons. The SMILES string of the molecule is COc1ccc2oc(=N)c(-c3ccc([N+](=O)[O-])cc3)cc2c1. The maximum absolute atomic E-state index is 10.7. The molecule has 1 N–H and O–H groups in total. The zero-order valence-electron chi connectivity index (χ0n) is 11.7. The van der Waals surface area contributed by atoms with Gasteiger partial charge in [0.25, 0.3) is 5.69 Å². The summed E-state index contributed by atoms with van der Waals surface area (Å²) in [4.78, 5) is 10.2. The Bertz CT molecular complexity index is 914. The largest absolute Gasteiger partial charge is 0.497 e. The van der Waals surface area contributed by atoms with Crippen LogP contribution in [0.15, 0.2) is 52.9 Å². The number of nitrogens with one attached hydrogen (secondary N) is 1. The van der Waals surface area contributed by atoms with Crippen LogP contribution < -0.4 is 10.3 Å². The quantitative estimate of drug-likeness (QED) is 0.591. The molecule has 0 bridgehead atoms. The Balaban J connectivity index is 2.15. The van der Waals surface area contributed by atoms with E-state index in [9.17, 15) is 10.1 Å². The molecular weight excluding hydrogens is 284 g/mol. The fourth-order valence-corrected chi connectivity index (χ4v) is 2.22. The minimum Gasteiger partial charge on any atom is -0.497 e. The first-order chi connectivity index (χ1) is 10.6. The molecule has 0 fully saturated rings. The lowest BCUT2D eigenvalue weighted by Crippen LogP contribution is -2.03. The number of hydrogen-bond donors (Lipinski definition) is 1.